The summed E-state index contributed by atoms with van der Waals surface area (Å²) in [6.07, 6.45) is 1.76. The molecule has 1 unspecified atom stereocenters. The van der Waals surface area contributed by atoms with Gasteiger partial charge in [-0.25, -0.2) is 13.1 Å². The van der Waals surface area contributed by atoms with Crippen LogP contribution in [0.15, 0.2) is 52.0 Å². The van der Waals surface area contributed by atoms with Crippen molar-refractivity contribution in [2.45, 2.75) is 38.1 Å². The maximum absolute atomic E-state index is 12.5. The minimum Gasteiger partial charge on any atom is -0.464 e. The summed E-state index contributed by atoms with van der Waals surface area (Å²) >= 11 is 0. The van der Waals surface area contributed by atoms with Crippen molar-refractivity contribution in [3.63, 3.8) is 0 Å². The van der Waals surface area contributed by atoms with Crippen LogP contribution in [-0.4, -0.2) is 34.1 Å². The number of benzene rings is 2. The summed E-state index contributed by atoms with van der Waals surface area (Å²) in [7, 11) is -2.14. The number of ether oxygens (including phenoxy) is 1. The molecule has 1 aromatic heterocycles. The molecule has 0 saturated carbocycles. The van der Waals surface area contributed by atoms with E-state index in [0.29, 0.717) is 5.69 Å². The lowest BCUT2D eigenvalue weighted by Gasteiger charge is -2.13. The standard InChI is InChI=1S/C22H26N2O5S/c1-14-9-20-17(13-29-21(20)10-15(14)2)11-22(25)23-18-5-7-19(8-6-18)30(26,27)24-16(3)12-28-4/h5-10,13,16,24H,11-12H2,1-4H3,(H,23,25). The Morgan fingerprint density at radius 2 is 1.80 bits per heavy atom. The molecule has 7 nitrogen and oxygen atoms in total. The second-order valence-electron chi connectivity index (χ2n) is 7.42. The Bertz CT molecular complexity index is 1150. The largest absolute Gasteiger partial charge is 0.464 e. The first-order chi connectivity index (χ1) is 14.2. The highest BCUT2D eigenvalue weighted by molar-refractivity contribution is 7.89. The molecule has 0 fully saturated rings. The Morgan fingerprint density at radius 1 is 1.13 bits per heavy atom. The Kier molecular flexibility index (Phi) is 6.60. The summed E-state index contributed by atoms with van der Waals surface area (Å²) in [5, 5.41) is 3.72. The number of carbonyl (C=O) groups excluding carboxylic acids is 1. The molecule has 30 heavy (non-hydrogen) atoms. The Morgan fingerprint density at radius 3 is 2.47 bits per heavy atom. The van der Waals surface area contributed by atoms with Gasteiger partial charge in [0.05, 0.1) is 24.2 Å². The quantitative estimate of drug-likeness (QED) is 0.570. The molecule has 3 rings (SSSR count). The highest BCUT2D eigenvalue weighted by atomic mass is 32.2. The Labute approximate surface area is 176 Å². The first kappa shape index (κ1) is 22.0. The number of amides is 1. The van der Waals surface area contributed by atoms with E-state index in [9.17, 15) is 13.2 Å². The van der Waals surface area contributed by atoms with Crippen LogP contribution in [0.3, 0.4) is 0 Å². The molecule has 160 valence electrons. The zero-order valence-electron chi connectivity index (χ0n) is 17.5. The number of aryl methyl sites for hydroxylation is 2. The van der Waals surface area contributed by atoms with Gasteiger partial charge in [-0.05, 0) is 68.3 Å². The van der Waals surface area contributed by atoms with Gasteiger partial charge < -0.3 is 14.5 Å². The van der Waals surface area contributed by atoms with Crippen LogP contribution in [0.1, 0.15) is 23.6 Å². The van der Waals surface area contributed by atoms with Crippen molar-refractivity contribution in [1.29, 1.82) is 0 Å². The molecular weight excluding hydrogens is 404 g/mol. The van der Waals surface area contributed by atoms with Gasteiger partial charge in [0.25, 0.3) is 0 Å². The SMILES string of the molecule is COCC(C)NS(=O)(=O)c1ccc(NC(=O)Cc2coc3cc(C)c(C)cc23)cc1. The lowest BCUT2D eigenvalue weighted by molar-refractivity contribution is -0.115. The molecule has 0 aliphatic carbocycles. The molecule has 1 atom stereocenters. The van der Waals surface area contributed by atoms with Gasteiger partial charge >= 0.3 is 0 Å². The van der Waals surface area contributed by atoms with Gasteiger partial charge in [0.2, 0.25) is 15.9 Å². The van der Waals surface area contributed by atoms with Crippen molar-refractivity contribution in [2.75, 3.05) is 19.0 Å². The molecular formula is C22H26N2O5S. The van der Waals surface area contributed by atoms with E-state index in [0.717, 1.165) is 27.7 Å². The van der Waals surface area contributed by atoms with E-state index in [1.165, 1.54) is 19.2 Å². The number of fused-ring (bicyclic) bond motifs is 1. The lowest BCUT2D eigenvalue weighted by Crippen LogP contribution is -2.35. The van der Waals surface area contributed by atoms with Crippen molar-refractivity contribution >= 4 is 32.6 Å². The maximum atomic E-state index is 12.5. The molecule has 0 spiro atoms. The molecule has 0 aliphatic rings. The van der Waals surface area contributed by atoms with Crippen molar-refractivity contribution < 1.29 is 22.4 Å². The van der Waals surface area contributed by atoms with E-state index in [4.69, 9.17) is 9.15 Å². The van der Waals surface area contributed by atoms with E-state index < -0.39 is 10.0 Å². The van der Waals surface area contributed by atoms with Gasteiger partial charge in [0.1, 0.15) is 5.58 Å². The van der Waals surface area contributed by atoms with Crippen molar-refractivity contribution in [1.82, 2.24) is 4.72 Å². The van der Waals surface area contributed by atoms with E-state index in [1.54, 1.807) is 25.3 Å². The smallest absolute Gasteiger partial charge is 0.240 e. The first-order valence-corrected chi connectivity index (χ1v) is 11.1. The Balaban J connectivity index is 1.67. The predicted octanol–water partition coefficient (Wildman–Crippen LogP) is 3.54. The van der Waals surface area contributed by atoms with E-state index >= 15 is 0 Å². The van der Waals surface area contributed by atoms with Gasteiger partial charge in [0.15, 0.2) is 0 Å². The fourth-order valence-electron chi connectivity index (χ4n) is 3.19. The van der Waals surface area contributed by atoms with Gasteiger partial charge in [-0.1, -0.05) is 0 Å². The summed E-state index contributed by atoms with van der Waals surface area (Å²) in [6.45, 7) is 6.03. The average Bonchev–Trinajstić information content (AvgIpc) is 3.03. The van der Waals surface area contributed by atoms with Gasteiger partial charge in [-0.15, -0.1) is 0 Å². The highest BCUT2D eigenvalue weighted by Gasteiger charge is 2.17. The summed E-state index contributed by atoms with van der Waals surface area (Å²) < 4.78 is 37.8. The second kappa shape index (κ2) is 8.99. The van der Waals surface area contributed by atoms with Crippen molar-refractivity contribution in [2.24, 2.45) is 0 Å². The molecule has 0 aliphatic heterocycles. The number of carbonyl (C=O) groups is 1. The number of hydrogen-bond donors (Lipinski definition) is 2. The van der Waals surface area contributed by atoms with Crippen LogP contribution >= 0.6 is 0 Å². The minimum absolute atomic E-state index is 0.120. The zero-order chi connectivity index (χ0) is 21.9. The second-order valence-corrected chi connectivity index (χ2v) is 9.13. The van der Waals surface area contributed by atoms with Gasteiger partial charge in [0, 0.05) is 29.8 Å². The third-order valence-corrected chi connectivity index (χ3v) is 6.45. The minimum atomic E-state index is -3.66. The van der Waals surface area contributed by atoms with Gasteiger partial charge in [-0.3, -0.25) is 4.79 Å². The molecule has 0 bridgehead atoms. The molecule has 0 radical (unpaired) electrons. The summed E-state index contributed by atoms with van der Waals surface area (Å²) in [5.74, 6) is -0.210. The monoisotopic (exact) mass is 430 g/mol. The zero-order valence-corrected chi connectivity index (χ0v) is 18.3. The van der Waals surface area contributed by atoms with Crippen LogP contribution in [0.4, 0.5) is 5.69 Å². The predicted molar refractivity (Wildman–Crippen MR) is 116 cm³/mol. The number of sulfonamides is 1. The fourth-order valence-corrected chi connectivity index (χ4v) is 4.41. The van der Waals surface area contributed by atoms with Crippen LogP contribution in [-0.2, 0) is 26.0 Å². The van der Waals surface area contributed by atoms with Gasteiger partial charge in [-0.2, -0.15) is 0 Å². The van der Waals surface area contributed by atoms with Crippen molar-refractivity contribution in [3.05, 3.63) is 59.4 Å². The first-order valence-electron chi connectivity index (χ1n) is 9.58. The van der Waals surface area contributed by atoms with Crippen LogP contribution in [0.5, 0.6) is 0 Å². The van der Waals surface area contributed by atoms with Crippen LogP contribution in [0.2, 0.25) is 0 Å². The van der Waals surface area contributed by atoms with E-state index in [-0.39, 0.29) is 29.9 Å². The molecule has 3 aromatic rings. The molecule has 2 N–H and O–H groups in total. The molecule has 1 heterocycles. The van der Waals surface area contributed by atoms with E-state index in [2.05, 4.69) is 10.0 Å². The molecule has 0 saturated heterocycles. The van der Waals surface area contributed by atoms with Crippen LogP contribution in [0, 0.1) is 13.8 Å². The van der Waals surface area contributed by atoms with Crippen LogP contribution in [0.25, 0.3) is 11.0 Å². The number of furan rings is 1. The summed E-state index contributed by atoms with van der Waals surface area (Å²) in [5.41, 5.74) is 4.35. The Hall–Kier alpha value is -2.68. The molecule has 1 amide bonds. The highest BCUT2D eigenvalue weighted by Crippen LogP contribution is 2.25. The van der Waals surface area contributed by atoms with E-state index in [1.807, 2.05) is 26.0 Å². The topological polar surface area (TPSA) is 97.6 Å². The number of rotatable bonds is 8. The lowest BCUT2D eigenvalue weighted by atomic mass is 10.0. The third-order valence-electron chi connectivity index (χ3n) is 4.84. The number of nitrogens with one attached hydrogen (secondary N) is 2. The van der Waals surface area contributed by atoms with Crippen LogP contribution < -0.4 is 10.0 Å². The summed E-state index contributed by atoms with van der Waals surface area (Å²) in [6, 6.07) is 9.67. The third kappa shape index (κ3) is 5.08. The normalized spacial score (nSPS) is 12.8. The van der Waals surface area contributed by atoms with Crippen molar-refractivity contribution in [3.8, 4) is 0 Å². The number of anilines is 1. The fraction of sp³-hybridized carbons (Fsp3) is 0.318. The number of hydrogen-bond acceptors (Lipinski definition) is 5. The average molecular weight is 431 g/mol. The summed E-state index contributed by atoms with van der Waals surface area (Å²) in [4.78, 5) is 12.6. The molecule has 2 aromatic carbocycles. The molecule has 8 heteroatoms. The number of methoxy groups -OCH3 is 1. The maximum Gasteiger partial charge on any atom is 0.240 e.